The van der Waals surface area contributed by atoms with E-state index in [4.69, 9.17) is 9.15 Å². The fraction of sp³-hybridized carbons (Fsp3) is 0.211. The Labute approximate surface area is 156 Å². The van der Waals surface area contributed by atoms with Gasteiger partial charge in [-0.2, -0.15) is 0 Å². The summed E-state index contributed by atoms with van der Waals surface area (Å²) < 4.78 is 10.7. The number of benzene rings is 2. The van der Waals surface area contributed by atoms with Gasteiger partial charge in [-0.25, -0.2) is 0 Å². The quantitative estimate of drug-likeness (QED) is 0.594. The van der Waals surface area contributed by atoms with Gasteiger partial charge in [0.2, 0.25) is 11.8 Å². The van der Waals surface area contributed by atoms with E-state index in [9.17, 15) is 4.79 Å². The number of thioether (sulfide) groups is 1. The Balaban J connectivity index is 1.52. The zero-order valence-corrected chi connectivity index (χ0v) is 15.4. The number of rotatable bonds is 7. The van der Waals surface area contributed by atoms with Crippen molar-refractivity contribution in [3.63, 3.8) is 0 Å². The van der Waals surface area contributed by atoms with E-state index >= 15 is 0 Å². The molecule has 0 saturated heterocycles. The maximum absolute atomic E-state index is 12.3. The van der Waals surface area contributed by atoms with Crippen molar-refractivity contribution in [1.82, 2.24) is 15.1 Å². The summed E-state index contributed by atoms with van der Waals surface area (Å²) in [5.41, 5.74) is 1.89. The molecular formula is C19H19N3O3S. The van der Waals surface area contributed by atoms with Crippen LogP contribution in [0.15, 0.2) is 64.2 Å². The summed E-state index contributed by atoms with van der Waals surface area (Å²) in [6.07, 6.45) is 0. The molecule has 0 aliphatic heterocycles. The first-order valence-electron chi connectivity index (χ1n) is 8.04. The molecule has 0 saturated carbocycles. The van der Waals surface area contributed by atoms with Gasteiger partial charge >= 0.3 is 0 Å². The lowest BCUT2D eigenvalue weighted by Crippen LogP contribution is -2.27. The van der Waals surface area contributed by atoms with E-state index < -0.39 is 0 Å². The van der Waals surface area contributed by atoms with Crippen LogP contribution in [0, 0.1) is 0 Å². The second-order valence-corrected chi connectivity index (χ2v) is 6.55. The molecule has 1 amide bonds. The maximum atomic E-state index is 12.3. The van der Waals surface area contributed by atoms with Crippen LogP contribution >= 0.6 is 11.8 Å². The fourth-order valence-corrected chi connectivity index (χ4v) is 3.00. The molecule has 7 heteroatoms. The average Bonchev–Trinajstić information content (AvgIpc) is 3.16. The van der Waals surface area contributed by atoms with Crippen LogP contribution in [0.3, 0.4) is 0 Å². The van der Waals surface area contributed by atoms with Crippen LogP contribution in [0.5, 0.6) is 5.75 Å². The molecule has 6 nitrogen and oxygen atoms in total. The highest BCUT2D eigenvalue weighted by Gasteiger charge is 2.14. The molecule has 0 aliphatic carbocycles. The third kappa shape index (κ3) is 4.64. The zero-order chi connectivity index (χ0) is 18.4. The average molecular weight is 369 g/mol. The fourth-order valence-electron chi connectivity index (χ4n) is 2.29. The number of amides is 1. The van der Waals surface area contributed by atoms with Gasteiger partial charge in [-0.3, -0.25) is 4.79 Å². The van der Waals surface area contributed by atoms with Gasteiger partial charge in [0.15, 0.2) is 0 Å². The summed E-state index contributed by atoms with van der Waals surface area (Å²) in [5.74, 6) is 1.48. The van der Waals surface area contributed by atoms with E-state index in [1.165, 1.54) is 11.8 Å². The Bertz CT molecular complexity index is 850. The van der Waals surface area contributed by atoms with Gasteiger partial charge < -0.3 is 14.1 Å². The molecule has 0 atom stereocenters. The van der Waals surface area contributed by atoms with Crippen LogP contribution in [-0.2, 0) is 11.3 Å². The molecule has 1 heterocycles. The zero-order valence-electron chi connectivity index (χ0n) is 14.6. The third-order valence-corrected chi connectivity index (χ3v) is 4.55. The SMILES string of the molecule is COc1ccc(CN(C)C(=O)CSc2nnc(-c3ccccc3)o2)cc1. The summed E-state index contributed by atoms with van der Waals surface area (Å²) in [4.78, 5) is 14.0. The molecule has 0 spiro atoms. The number of methoxy groups -OCH3 is 1. The maximum Gasteiger partial charge on any atom is 0.277 e. The Hall–Kier alpha value is -2.80. The summed E-state index contributed by atoms with van der Waals surface area (Å²) >= 11 is 1.24. The molecule has 3 rings (SSSR count). The van der Waals surface area contributed by atoms with E-state index in [2.05, 4.69) is 10.2 Å². The van der Waals surface area contributed by atoms with Crippen molar-refractivity contribution in [1.29, 1.82) is 0 Å². The predicted molar refractivity (Wildman–Crippen MR) is 99.9 cm³/mol. The minimum absolute atomic E-state index is 0.00900. The van der Waals surface area contributed by atoms with Crippen LogP contribution in [0.1, 0.15) is 5.56 Å². The van der Waals surface area contributed by atoms with E-state index in [1.807, 2.05) is 54.6 Å². The van der Waals surface area contributed by atoms with Crippen molar-refractivity contribution in [2.24, 2.45) is 0 Å². The summed E-state index contributed by atoms with van der Waals surface area (Å²) in [5, 5.41) is 8.39. The number of hydrogen-bond donors (Lipinski definition) is 0. The van der Waals surface area contributed by atoms with E-state index in [0.717, 1.165) is 16.9 Å². The minimum atomic E-state index is -0.00900. The van der Waals surface area contributed by atoms with Crippen LogP contribution in [0.2, 0.25) is 0 Å². The van der Waals surface area contributed by atoms with Gasteiger partial charge in [-0.05, 0) is 29.8 Å². The lowest BCUT2D eigenvalue weighted by molar-refractivity contribution is -0.127. The van der Waals surface area contributed by atoms with Crippen molar-refractivity contribution < 1.29 is 13.9 Å². The highest BCUT2D eigenvalue weighted by atomic mass is 32.2. The van der Waals surface area contributed by atoms with Gasteiger partial charge in [0.05, 0.1) is 12.9 Å². The van der Waals surface area contributed by atoms with E-state index in [1.54, 1.807) is 19.1 Å². The molecule has 0 aliphatic rings. The van der Waals surface area contributed by atoms with Crippen LogP contribution < -0.4 is 4.74 Å². The van der Waals surface area contributed by atoms with Gasteiger partial charge in [0.1, 0.15) is 5.75 Å². The number of aromatic nitrogens is 2. The normalized spacial score (nSPS) is 10.5. The summed E-state index contributed by atoms with van der Waals surface area (Å²) in [6.45, 7) is 0.530. The van der Waals surface area contributed by atoms with Crippen molar-refractivity contribution in [3.05, 3.63) is 60.2 Å². The molecule has 0 N–H and O–H groups in total. The van der Waals surface area contributed by atoms with Crippen molar-refractivity contribution in [2.45, 2.75) is 11.8 Å². The lowest BCUT2D eigenvalue weighted by atomic mass is 10.2. The molecule has 0 fully saturated rings. The highest BCUT2D eigenvalue weighted by molar-refractivity contribution is 7.99. The molecule has 0 bridgehead atoms. The Morgan fingerprint density at radius 1 is 1.12 bits per heavy atom. The number of ether oxygens (including phenoxy) is 1. The summed E-state index contributed by atoms with van der Waals surface area (Å²) in [7, 11) is 3.40. The second kappa shape index (κ2) is 8.53. The predicted octanol–water partition coefficient (Wildman–Crippen LogP) is 3.50. The molecule has 1 aromatic heterocycles. The Kier molecular flexibility index (Phi) is 5.91. The van der Waals surface area contributed by atoms with Crippen LogP contribution in [0.4, 0.5) is 0 Å². The van der Waals surface area contributed by atoms with Crippen molar-refractivity contribution in [2.75, 3.05) is 19.9 Å². The van der Waals surface area contributed by atoms with Crippen molar-refractivity contribution >= 4 is 17.7 Å². The monoisotopic (exact) mass is 369 g/mol. The summed E-state index contributed by atoms with van der Waals surface area (Å²) in [6, 6.07) is 17.2. The van der Waals surface area contributed by atoms with Crippen LogP contribution in [0.25, 0.3) is 11.5 Å². The lowest BCUT2D eigenvalue weighted by Gasteiger charge is -2.16. The number of hydrogen-bond acceptors (Lipinski definition) is 6. The van der Waals surface area contributed by atoms with E-state index in [-0.39, 0.29) is 11.7 Å². The number of carbonyl (C=O) groups excluding carboxylic acids is 1. The van der Waals surface area contributed by atoms with Gasteiger partial charge in [-0.1, -0.05) is 42.1 Å². The van der Waals surface area contributed by atoms with Gasteiger partial charge in [0.25, 0.3) is 5.22 Å². The molecule has 134 valence electrons. The smallest absolute Gasteiger partial charge is 0.277 e. The van der Waals surface area contributed by atoms with Crippen molar-refractivity contribution in [3.8, 4) is 17.2 Å². The molecule has 0 radical (unpaired) electrons. The largest absolute Gasteiger partial charge is 0.497 e. The minimum Gasteiger partial charge on any atom is -0.497 e. The topological polar surface area (TPSA) is 68.5 Å². The first-order valence-corrected chi connectivity index (χ1v) is 9.03. The second-order valence-electron chi connectivity index (χ2n) is 5.63. The molecular weight excluding hydrogens is 350 g/mol. The standard InChI is InChI=1S/C19H19N3O3S/c1-22(12-14-8-10-16(24-2)11-9-14)17(23)13-26-19-21-20-18(25-19)15-6-4-3-5-7-15/h3-11H,12-13H2,1-2H3. The molecule has 0 unspecified atom stereocenters. The van der Waals surface area contributed by atoms with Gasteiger partial charge in [0, 0.05) is 19.2 Å². The Morgan fingerprint density at radius 2 is 1.85 bits per heavy atom. The third-order valence-electron chi connectivity index (χ3n) is 3.75. The first-order chi connectivity index (χ1) is 12.7. The van der Waals surface area contributed by atoms with Gasteiger partial charge in [-0.15, -0.1) is 10.2 Å². The highest BCUT2D eigenvalue weighted by Crippen LogP contribution is 2.23. The van der Waals surface area contributed by atoms with Crippen LogP contribution in [-0.4, -0.2) is 40.9 Å². The first kappa shape index (κ1) is 18.0. The Morgan fingerprint density at radius 3 is 2.54 bits per heavy atom. The van der Waals surface area contributed by atoms with E-state index in [0.29, 0.717) is 17.7 Å². The number of nitrogens with zero attached hydrogens (tertiary/aromatic N) is 3. The number of carbonyl (C=O) groups is 1. The molecule has 3 aromatic rings. The molecule has 26 heavy (non-hydrogen) atoms. The molecule has 2 aromatic carbocycles.